The van der Waals surface area contributed by atoms with Crippen LogP contribution in [-0.2, 0) is 16.2 Å². The maximum absolute atomic E-state index is 14.8. The number of hydrogen-bond acceptors (Lipinski definition) is 6. The van der Waals surface area contributed by atoms with Crippen molar-refractivity contribution in [2.75, 3.05) is 56.7 Å². The van der Waals surface area contributed by atoms with Crippen LogP contribution >= 0.6 is 0 Å². The Balaban J connectivity index is 1.40. The third-order valence-electron chi connectivity index (χ3n) is 8.04. The van der Waals surface area contributed by atoms with E-state index in [2.05, 4.69) is 58.5 Å². The van der Waals surface area contributed by atoms with Crippen LogP contribution in [0, 0.1) is 0 Å². The first-order valence-electron chi connectivity index (χ1n) is 12.5. The molecule has 3 heterocycles. The SMILES string of the molecule is CN(C)[C@]1(c2ccccc2)CC[C@]2(CC1)CN(c1cnc(N3CCOCC3)nc1C(C)(F)F)C(=O)N2. The maximum atomic E-state index is 14.8. The van der Waals surface area contributed by atoms with E-state index in [1.165, 1.54) is 16.7 Å². The van der Waals surface area contributed by atoms with Gasteiger partial charge in [0.2, 0.25) is 5.95 Å². The first kappa shape index (κ1) is 24.8. The number of morpholine rings is 1. The fraction of sp³-hybridized carbons (Fsp3) is 0.577. The Morgan fingerprint density at radius 1 is 1.08 bits per heavy atom. The molecule has 0 bridgehead atoms. The second-order valence-corrected chi connectivity index (χ2v) is 10.5. The fourth-order valence-corrected chi connectivity index (χ4v) is 5.87. The normalized spacial score (nSPS) is 27.1. The van der Waals surface area contributed by atoms with Gasteiger partial charge in [-0.05, 0) is 45.3 Å². The average Bonchev–Trinajstić information content (AvgIpc) is 3.20. The molecule has 3 aliphatic rings. The van der Waals surface area contributed by atoms with Crippen LogP contribution in [-0.4, -0.2) is 73.4 Å². The van der Waals surface area contributed by atoms with Crippen molar-refractivity contribution < 1.29 is 18.3 Å². The molecular formula is C26H34F2N6O2. The lowest BCUT2D eigenvalue weighted by Crippen LogP contribution is -2.54. The zero-order valence-electron chi connectivity index (χ0n) is 21.1. The highest BCUT2D eigenvalue weighted by Crippen LogP contribution is 2.47. The molecule has 1 spiro atoms. The first-order valence-corrected chi connectivity index (χ1v) is 12.5. The first-order chi connectivity index (χ1) is 17.1. The maximum Gasteiger partial charge on any atom is 0.322 e. The van der Waals surface area contributed by atoms with Crippen LogP contribution in [0.4, 0.5) is 25.2 Å². The van der Waals surface area contributed by atoms with Gasteiger partial charge in [0, 0.05) is 25.6 Å². The quantitative estimate of drug-likeness (QED) is 0.675. The third-order valence-corrected chi connectivity index (χ3v) is 8.04. The molecule has 2 aromatic rings. The van der Waals surface area contributed by atoms with Crippen LogP contribution in [0.1, 0.15) is 43.9 Å². The summed E-state index contributed by atoms with van der Waals surface area (Å²) < 4.78 is 34.9. The Morgan fingerprint density at radius 3 is 2.36 bits per heavy atom. The topological polar surface area (TPSA) is 73.8 Å². The number of nitrogens with one attached hydrogen (secondary N) is 1. The van der Waals surface area contributed by atoms with Crippen LogP contribution < -0.4 is 15.1 Å². The summed E-state index contributed by atoms with van der Waals surface area (Å²) >= 11 is 0. The van der Waals surface area contributed by atoms with Crippen molar-refractivity contribution in [1.29, 1.82) is 0 Å². The van der Waals surface area contributed by atoms with Crippen LogP contribution in [0.25, 0.3) is 0 Å². The van der Waals surface area contributed by atoms with Gasteiger partial charge in [-0.2, -0.15) is 8.78 Å². The Hall–Kier alpha value is -2.85. The van der Waals surface area contributed by atoms with Gasteiger partial charge >= 0.3 is 6.03 Å². The number of urea groups is 1. The average molecular weight is 501 g/mol. The number of carbonyl (C=O) groups excluding carboxylic acids is 1. The Kier molecular flexibility index (Phi) is 6.36. The van der Waals surface area contributed by atoms with E-state index < -0.39 is 17.2 Å². The fourth-order valence-electron chi connectivity index (χ4n) is 5.87. The number of hydrogen-bond donors (Lipinski definition) is 1. The van der Waals surface area contributed by atoms with E-state index in [4.69, 9.17) is 4.74 Å². The van der Waals surface area contributed by atoms with E-state index in [0.717, 1.165) is 32.6 Å². The van der Waals surface area contributed by atoms with Gasteiger partial charge in [0.05, 0.1) is 37.2 Å². The van der Waals surface area contributed by atoms with Crippen LogP contribution in [0.2, 0.25) is 0 Å². The number of rotatable bonds is 5. The van der Waals surface area contributed by atoms with E-state index in [-0.39, 0.29) is 23.2 Å². The van der Waals surface area contributed by atoms with E-state index in [9.17, 15) is 13.6 Å². The number of alkyl halides is 2. The molecule has 36 heavy (non-hydrogen) atoms. The minimum absolute atomic E-state index is 0.0707. The summed E-state index contributed by atoms with van der Waals surface area (Å²) in [5, 5.41) is 3.14. The summed E-state index contributed by atoms with van der Waals surface area (Å²) in [6, 6.07) is 10.1. The van der Waals surface area contributed by atoms with Gasteiger partial charge in [-0.25, -0.2) is 14.8 Å². The van der Waals surface area contributed by atoms with E-state index in [0.29, 0.717) is 32.8 Å². The smallest absolute Gasteiger partial charge is 0.322 e. The van der Waals surface area contributed by atoms with Crippen molar-refractivity contribution in [3.63, 3.8) is 0 Å². The molecule has 1 N–H and O–H groups in total. The molecule has 1 saturated carbocycles. The number of benzene rings is 1. The molecule has 2 aliphatic heterocycles. The van der Waals surface area contributed by atoms with Crippen LogP contribution in [0.3, 0.4) is 0 Å². The summed E-state index contributed by atoms with van der Waals surface area (Å²) in [5.41, 5.74) is 0.297. The minimum atomic E-state index is -3.23. The lowest BCUT2D eigenvalue weighted by molar-refractivity contribution is 0.0132. The molecule has 5 rings (SSSR count). The molecule has 3 fully saturated rings. The summed E-state index contributed by atoms with van der Waals surface area (Å²) in [4.78, 5) is 27.3. The number of amides is 2. The molecule has 0 unspecified atom stereocenters. The van der Waals surface area contributed by atoms with Gasteiger partial charge in [-0.1, -0.05) is 30.3 Å². The molecule has 194 valence electrons. The van der Waals surface area contributed by atoms with Gasteiger partial charge in [0.1, 0.15) is 5.69 Å². The number of ether oxygens (including phenoxy) is 1. The summed E-state index contributed by atoms with van der Waals surface area (Å²) in [6.45, 7) is 3.20. The molecule has 2 amide bonds. The Morgan fingerprint density at radius 2 is 1.75 bits per heavy atom. The molecule has 1 aromatic carbocycles. The highest BCUT2D eigenvalue weighted by molar-refractivity contribution is 5.96. The highest BCUT2D eigenvalue weighted by Gasteiger charge is 2.51. The monoisotopic (exact) mass is 500 g/mol. The molecular weight excluding hydrogens is 466 g/mol. The Bertz CT molecular complexity index is 1090. The van der Waals surface area contributed by atoms with Gasteiger partial charge in [0.15, 0.2) is 0 Å². The lowest BCUT2D eigenvalue weighted by atomic mass is 9.69. The number of carbonyl (C=O) groups is 1. The molecule has 0 radical (unpaired) electrons. The second-order valence-electron chi connectivity index (χ2n) is 10.5. The van der Waals surface area contributed by atoms with E-state index in [1.807, 2.05) is 11.0 Å². The number of nitrogens with zero attached hydrogens (tertiary/aromatic N) is 5. The third kappa shape index (κ3) is 4.41. The zero-order chi connectivity index (χ0) is 25.6. The van der Waals surface area contributed by atoms with Crippen molar-refractivity contribution in [2.45, 2.75) is 49.6 Å². The standard InChI is InChI=1S/C26H34F2N6O2/c1-24(27,28)21-20(17-29-22(30-21)33-13-15-36-16-14-33)34-18-25(31-23(34)35)9-11-26(12-10-25,32(2)3)19-7-5-4-6-8-19/h4-8,17H,9-16,18H2,1-3H3,(H,31,35)/t25-,26+. The predicted molar refractivity (Wildman–Crippen MR) is 134 cm³/mol. The van der Waals surface area contributed by atoms with Crippen molar-refractivity contribution in [3.8, 4) is 0 Å². The highest BCUT2D eigenvalue weighted by atomic mass is 19.3. The Labute approximate surface area is 210 Å². The summed E-state index contributed by atoms with van der Waals surface area (Å²) in [6.07, 6.45) is 4.56. The van der Waals surface area contributed by atoms with Crippen molar-refractivity contribution >= 4 is 17.7 Å². The molecule has 10 heteroatoms. The predicted octanol–water partition coefficient (Wildman–Crippen LogP) is 3.72. The summed E-state index contributed by atoms with van der Waals surface area (Å²) in [7, 11) is 4.18. The van der Waals surface area contributed by atoms with Gasteiger partial charge in [0.25, 0.3) is 5.92 Å². The van der Waals surface area contributed by atoms with Gasteiger partial charge in [-0.3, -0.25) is 9.80 Å². The van der Waals surface area contributed by atoms with Gasteiger partial charge < -0.3 is 15.0 Å². The van der Waals surface area contributed by atoms with E-state index in [1.54, 1.807) is 0 Å². The zero-order valence-corrected chi connectivity index (χ0v) is 21.1. The second kappa shape index (κ2) is 9.23. The van der Waals surface area contributed by atoms with Crippen molar-refractivity contribution in [3.05, 3.63) is 47.8 Å². The largest absolute Gasteiger partial charge is 0.378 e. The van der Waals surface area contributed by atoms with Crippen LogP contribution in [0.5, 0.6) is 0 Å². The summed E-state index contributed by atoms with van der Waals surface area (Å²) in [5.74, 6) is -2.99. The molecule has 8 nitrogen and oxygen atoms in total. The minimum Gasteiger partial charge on any atom is -0.378 e. The molecule has 0 atom stereocenters. The number of aromatic nitrogens is 2. The van der Waals surface area contributed by atoms with Crippen LogP contribution in [0.15, 0.2) is 36.5 Å². The van der Waals surface area contributed by atoms with Crippen molar-refractivity contribution in [2.24, 2.45) is 0 Å². The lowest BCUT2D eigenvalue weighted by Gasteiger charge is -2.48. The van der Waals surface area contributed by atoms with E-state index >= 15 is 0 Å². The van der Waals surface area contributed by atoms with Crippen molar-refractivity contribution in [1.82, 2.24) is 20.2 Å². The van der Waals surface area contributed by atoms with Gasteiger partial charge in [-0.15, -0.1) is 0 Å². The molecule has 1 aliphatic carbocycles. The number of anilines is 2. The molecule has 1 aromatic heterocycles. The molecule has 2 saturated heterocycles. The number of halogens is 2.